The second-order valence-corrected chi connectivity index (χ2v) is 14.2. The van der Waals surface area contributed by atoms with Crippen molar-refractivity contribution < 1.29 is 5.11 Å². The van der Waals surface area contributed by atoms with Crippen molar-refractivity contribution in [2.45, 2.75) is 120 Å². The largest absolute Gasteiger partial charge is 0.393 e. The molecular formula is C31H52O. The molecule has 0 amide bonds. The van der Waals surface area contributed by atoms with Crippen LogP contribution in [0.3, 0.4) is 0 Å². The van der Waals surface area contributed by atoms with Crippen molar-refractivity contribution >= 4 is 0 Å². The van der Waals surface area contributed by atoms with Crippen molar-refractivity contribution in [3.05, 3.63) is 23.3 Å². The fourth-order valence-electron chi connectivity index (χ4n) is 10.1. The smallest absolute Gasteiger partial charge is 0.0582 e. The first-order valence-corrected chi connectivity index (χ1v) is 13.8. The first-order chi connectivity index (χ1) is 14.8. The predicted octanol–water partition coefficient (Wildman–Crippen LogP) is 8.58. The molecule has 9 atom stereocenters. The molecule has 4 rings (SSSR count). The molecule has 0 aliphatic heterocycles. The summed E-state index contributed by atoms with van der Waals surface area (Å²) in [5, 5.41) is 11.8. The lowest BCUT2D eigenvalue weighted by Crippen LogP contribution is -2.65. The molecule has 4 fully saturated rings. The van der Waals surface area contributed by atoms with Gasteiger partial charge in [0.1, 0.15) is 0 Å². The van der Waals surface area contributed by atoms with Crippen molar-refractivity contribution in [3.8, 4) is 0 Å². The van der Waals surface area contributed by atoms with Gasteiger partial charge in [0.25, 0.3) is 0 Å². The van der Waals surface area contributed by atoms with Gasteiger partial charge in [-0.05, 0) is 123 Å². The Labute approximate surface area is 199 Å². The van der Waals surface area contributed by atoms with Gasteiger partial charge in [0, 0.05) is 0 Å². The lowest BCUT2D eigenvalue weighted by atomic mass is 9.34. The van der Waals surface area contributed by atoms with E-state index >= 15 is 0 Å². The predicted molar refractivity (Wildman–Crippen MR) is 137 cm³/mol. The van der Waals surface area contributed by atoms with Gasteiger partial charge in [-0.25, -0.2) is 0 Å². The van der Waals surface area contributed by atoms with Crippen molar-refractivity contribution in [1.29, 1.82) is 0 Å². The van der Waals surface area contributed by atoms with E-state index < -0.39 is 0 Å². The molecule has 0 radical (unpaired) electrons. The Morgan fingerprint density at radius 3 is 2.16 bits per heavy atom. The molecule has 0 aromatic heterocycles. The molecule has 0 spiro atoms. The third-order valence-corrected chi connectivity index (χ3v) is 12.5. The van der Waals surface area contributed by atoms with Gasteiger partial charge in [-0.1, -0.05) is 64.8 Å². The molecule has 0 aromatic rings. The van der Waals surface area contributed by atoms with Gasteiger partial charge in [0.05, 0.1) is 6.10 Å². The van der Waals surface area contributed by atoms with Crippen molar-refractivity contribution in [2.75, 3.05) is 0 Å². The van der Waals surface area contributed by atoms with Gasteiger partial charge >= 0.3 is 0 Å². The SMILES string of the molecule is CC(C)=CC/C=C(/C)C1CC[C@]2(C)C1[C@H](O)CC1[C@@]3(C)CC[C@H](C)C(C)(C)C3CC[C@]12C. The number of rotatable bonds is 3. The average Bonchev–Trinajstić information content (AvgIpc) is 3.07. The molecule has 4 unspecified atom stereocenters. The zero-order valence-corrected chi connectivity index (χ0v) is 22.7. The van der Waals surface area contributed by atoms with E-state index in [9.17, 15) is 5.11 Å². The topological polar surface area (TPSA) is 20.2 Å². The summed E-state index contributed by atoms with van der Waals surface area (Å²) in [6, 6.07) is 0. The summed E-state index contributed by atoms with van der Waals surface area (Å²) >= 11 is 0. The minimum absolute atomic E-state index is 0.143. The summed E-state index contributed by atoms with van der Waals surface area (Å²) in [4.78, 5) is 0. The molecule has 1 nitrogen and oxygen atoms in total. The third-order valence-electron chi connectivity index (χ3n) is 12.5. The van der Waals surface area contributed by atoms with Crippen LogP contribution in [0.5, 0.6) is 0 Å². The molecular weight excluding hydrogens is 388 g/mol. The van der Waals surface area contributed by atoms with E-state index in [-0.39, 0.29) is 11.5 Å². The Morgan fingerprint density at radius 1 is 0.844 bits per heavy atom. The van der Waals surface area contributed by atoms with Crippen LogP contribution in [-0.4, -0.2) is 11.2 Å². The summed E-state index contributed by atoms with van der Waals surface area (Å²) in [7, 11) is 0. The fourth-order valence-corrected chi connectivity index (χ4v) is 10.1. The lowest BCUT2D eigenvalue weighted by Gasteiger charge is -2.70. The van der Waals surface area contributed by atoms with E-state index in [2.05, 4.69) is 74.5 Å². The third kappa shape index (κ3) is 3.34. The fraction of sp³-hybridized carbons (Fsp3) is 0.871. The molecule has 182 valence electrons. The highest BCUT2D eigenvalue weighted by molar-refractivity contribution is 5.22. The highest BCUT2D eigenvalue weighted by atomic mass is 16.3. The van der Waals surface area contributed by atoms with Crippen LogP contribution >= 0.6 is 0 Å². The van der Waals surface area contributed by atoms with Gasteiger partial charge in [0.2, 0.25) is 0 Å². The molecule has 0 saturated heterocycles. The van der Waals surface area contributed by atoms with Crippen molar-refractivity contribution in [1.82, 2.24) is 0 Å². The molecule has 32 heavy (non-hydrogen) atoms. The number of allylic oxidation sites excluding steroid dienone is 4. The molecule has 4 aliphatic rings. The zero-order chi connectivity index (χ0) is 23.7. The van der Waals surface area contributed by atoms with E-state index in [0.717, 1.165) is 24.7 Å². The van der Waals surface area contributed by atoms with E-state index in [1.54, 1.807) is 0 Å². The highest BCUT2D eigenvalue weighted by Crippen LogP contribution is 2.75. The normalized spacial score (nSPS) is 50.2. The van der Waals surface area contributed by atoms with Crippen LogP contribution in [0.25, 0.3) is 0 Å². The van der Waals surface area contributed by atoms with Crippen LogP contribution in [0.1, 0.15) is 114 Å². The van der Waals surface area contributed by atoms with Gasteiger partial charge in [0.15, 0.2) is 0 Å². The van der Waals surface area contributed by atoms with Crippen LogP contribution < -0.4 is 0 Å². The van der Waals surface area contributed by atoms with Crippen LogP contribution in [0.2, 0.25) is 0 Å². The Kier molecular flexibility index (Phi) is 6.14. The van der Waals surface area contributed by atoms with Crippen LogP contribution in [0.4, 0.5) is 0 Å². The van der Waals surface area contributed by atoms with Gasteiger partial charge in [-0.15, -0.1) is 0 Å². The minimum Gasteiger partial charge on any atom is -0.393 e. The first-order valence-electron chi connectivity index (χ1n) is 13.8. The number of fused-ring (bicyclic) bond motifs is 5. The maximum atomic E-state index is 11.8. The Hall–Kier alpha value is -0.560. The van der Waals surface area contributed by atoms with Gasteiger partial charge in [-0.2, -0.15) is 0 Å². The number of hydrogen-bond donors (Lipinski definition) is 1. The second-order valence-electron chi connectivity index (χ2n) is 14.2. The standard InChI is InChI=1S/C31H52O/c1-20(2)11-10-12-21(3)23-14-17-31(9)27(23)24(32)19-26-29(7)16-13-22(4)28(5,6)25(29)15-18-30(26,31)8/h11-12,22-27,32H,10,13-19H2,1-9H3/b21-12-/t22-,23?,24+,25?,26?,27?,29-,30+,31+/m0/s1. The molecule has 0 heterocycles. The maximum Gasteiger partial charge on any atom is 0.0582 e. The summed E-state index contributed by atoms with van der Waals surface area (Å²) in [6.45, 7) is 22.2. The van der Waals surface area contributed by atoms with E-state index in [1.807, 2.05) is 0 Å². The van der Waals surface area contributed by atoms with Crippen LogP contribution in [0, 0.1) is 51.2 Å². The number of aliphatic hydroxyl groups excluding tert-OH is 1. The van der Waals surface area contributed by atoms with E-state index in [0.29, 0.717) is 34.0 Å². The van der Waals surface area contributed by atoms with E-state index in [4.69, 9.17) is 0 Å². The van der Waals surface area contributed by atoms with Crippen LogP contribution in [-0.2, 0) is 0 Å². The molecule has 4 saturated carbocycles. The maximum absolute atomic E-state index is 11.8. The first kappa shape index (κ1) is 24.6. The average molecular weight is 441 g/mol. The summed E-state index contributed by atoms with van der Waals surface area (Å²) < 4.78 is 0. The zero-order valence-electron chi connectivity index (χ0n) is 22.7. The number of hydrogen-bond acceptors (Lipinski definition) is 1. The summed E-state index contributed by atoms with van der Waals surface area (Å²) in [5.74, 6) is 3.26. The number of aliphatic hydroxyl groups is 1. The Balaban J connectivity index is 1.67. The van der Waals surface area contributed by atoms with Crippen molar-refractivity contribution in [3.63, 3.8) is 0 Å². The van der Waals surface area contributed by atoms with E-state index in [1.165, 1.54) is 49.7 Å². The van der Waals surface area contributed by atoms with Gasteiger partial charge in [-0.3, -0.25) is 0 Å². The molecule has 0 bridgehead atoms. The quantitative estimate of drug-likeness (QED) is 0.436. The van der Waals surface area contributed by atoms with Crippen molar-refractivity contribution in [2.24, 2.45) is 51.2 Å². The molecule has 1 N–H and O–H groups in total. The summed E-state index contributed by atoms with van der Waals surface area (Å²) in [5.41, 5.74) is 4.34. The minimum atomic E-state index is -0.143. The second kappa shape index (κ2) is 8.00. The van der Waals surface area contributed by atoms with Gasteiger partial charge < -0.3 is 5.11 Å². The Morgan fingerprint density at radius 2 is 1.50 bits per heavy atom. The highest BCUT2D eigenvalue weighted by Gasteiger charge is 2.69. The monoisotopic (exact) mass is 440 g/mol. The molecule has 0 aromatic carbocycles. The molecule has 4 aliphatic carbocycles. The Bertz CT molecular complexity index is 784. The van der Waals surface area contributed by atoms with Crippen LogP contribution in [0.15, 0.2) is 23.3 Å². The summed E-state index contributed by atoms with van der Waals surface area (Å²) in [6.07, 6.45) is 14.7. The lowest BCUT2D eigenvalue weighted by molar-refractivity contribution is -0.233. The molecule has 1 heteroatoms.